The van der Waals surface area contributed by atoms with Gasteiger partial charge in [-0.05, 0) is 18.6 Å². The zero-order valence-electron chi connectivity index (χ0n) is 9.80. The molecule has 1 fully saturated rings. The van der Waals surface area contributed by atoms with E-state index in [1.807, 2.05) is 0 Å². The summed E-state index contributed by atoms with van der Waals surface area (Å²) in [4.78, 5) is 39.3. The molecule has 0 aromatic heterocycles. The lowest BCUT2D eigenvalue weighted by atomic mass is 10.1. The Kier molecular flexibility index (Phi) is 3.01. The van der Waals surface area contributed by atoms with Crippen LogP contribution in [0, 0.1) is 6.92 Å². The van der Waals surface area contributed by atoms with E-state index in [2.05, 4.69) is 0 Å². The number of carbonyl (C=O) groups is 3. The highest BCUT2D eigenvalue weighted by atomic mass is 16.7. The van der Waals surface area contributed by atoms with Crippen LogP contribution in [-0.2, 0) is 14.4 Å². The molecule has 94 valence electrons. The number of benzene rings is 1. The second kappa shape index (κ2) is 4.48. The van der Waals surface area contributed by atoms with Crippen molar-refractivity contribution in [1.82, 2.24) is 5.06 Å². The summed E-state index contributed by atoms with van der Waals surface area (Å²) in [5.41, 5.74) is 6.72. The van der Waals surface area contributed by atoms with Gasteiger partial charge in [0.15, 0.2) is 0 Å². The van der Waals surface area contributed by atoms with Gasteiger partial charge in [-0.2, -0.15) is 0 Å². The van der Waals surface area contributed by atoms with E-state index >= 15 is 0 Å². The largest absolute Gasteiger partial charge is 0.398 e. The van der Waals surface area contributed by atoms with Gasteiger partial charge in [0.1, 0.15) is 0 Å². The maximum absolute atomic E-state index is 11.9. The summed E-state index contributed by atoms with van der Waals surface area (Å²) in [6.45, 7) is 1.70. The van der Waals surface area contributed by atoms with Crippen LogP contribution in [0.3, 0.4) is 0 Å². The fourth-order valence-corrected chi connectivity index (χ4v) is 1.76. The Labute approximate surface area is 103 Å². The summed E-state index contributed by atoms with van der Waals surface area (Å²) in [5, 5.41) is 0.508. The van der Waals surface area contributed by atoms with Crippen LogP contribution in [0.25, 0.3) is 0 Å². The highest BCUT2D eigenvalue weighted by Gasteiger charge is 2.33. The number of anilines is 1. The maximum Gasteiger partial charge on any atom is 0.366 e. The number of aryl methyl sites for hydroxylation is 1. The third-order valence-electron chi connectivity index (χ3n) is 2.69. The van der Waals surface area contributed by atoms with Crippen molar-refractivity contribution in [3.05, 3.63) is 29.3 Å². The molecule has 1 aromatic carbocycles. The number of amides is 2. The summed E-state index contributed by atoms with van der Waals surface area (Å²) in [6, 6.07) is 4.95. The topological polar surface area (TPSA) is 89.7 Å². The minimum absolute atomic E-state index is 0.0648. The van der Waals surface area contributed by atoms with E-state index in [9.17, 15) is 14.4 Å². The van der Waals surface area contributed by atoms with Crippen molar-refractivity contribution in [2.45, 2.75) is 19.8 Å². The molecule has 0 aliphatic carbocycles. The molecular formula is C12H12N2O4. The van der Waals surface area contributed by atoms with Crippen LogP contribution in [-0.4, -0.2) is 22.8 Å². The minimum Gasteiger partial charge on any atom is -0.398 e. The number of nitrogens with zero attached hydrogens (tertiary/aromatic N) is 1. The molecule has 1 heterocycles. The fourth-order valence-electron chi connectivity index (χ4n) is 1.76. The van der Waals surface area contributed by atoms with Crippen molar-refractivity contribution in [2.24, 2.45) is 0 Å². The monoisotopic (exact) mass is 248 g/mol. The predicted octanol–water partition coefficient (Wildman–Crippen LogP) is 0.798. The lowest BCUT2D eigenvalue weighted by Crippen LogP contribution is -2.32. The van der Waals surface area contributed by atoms with Crippen LogP contribution in [0.5, 0.6) is 0 Å². The molecule has 1 aromatic rings. The van der Waals surface area contributed by atoms with E-state index in [1.54, 1.807) is 25.1 Å². The van der Waals surface area contributed by atoms with Crippen molar-refractivity contribution in [2.75, 3.05) is 5.73 Å². The van der Waals surface area contributed by atoms with Gasteiger partial charge in [-0.15, -0.1) is 5.06 Å². The first kappa shape index (κ1) is 12.1. The Bertz CT molecular complexity index is 503. The number of nitrogen functional groups attached to an aromatic ring is 1. The lowest BCUT2D eigenvalue weighted by Gasteiger charge is -2.14. The molecule has 0 saturated carbocycles. The molecule has 18 heavy (non-hydrogen) atoms. The Hall–Kier alpha value is -2.37. The number of hydrogen-bond donors (Lipinski definition) is 1. The Morgan fingerprint density at radius 1 is 1.28 bits per heavy atom. The van der Waals surface area contributed by atoms with Crippen LogP contribution in [0.2, 0.25) is 0 Å². The highest BCUT2D eigenvalue weighted by molar-refractivity contribution is 6.04. The van der Waals surface area contributed by atoms with Crippen molar-refractivity contribution in [1.29, 1.82) is 0 Å². The predicted molar refractivity (Wildman–Crippen MR) is 62.1 cm³/mol. The molecule has 1 aliphatic heterocycles. The number of hydrogen-bond acceptors (Lipinski definition) is 5. The molecule has 0 spiro atoms. The van der Waals surface area contributed by atoms with Crippen molar-refractivity contribution < 1.29 is 19.2 Å². The maximum atomic E-state index is 11.9. The summed E-state index contributed by atoms with van der Waals surface area (Å²) < 4.78 is 0. The van der Waals surface area contributed by atoms with Gasteiger partial charge in [0, 0.05) is 18.5 Å². The van der Waals surface area contributed by atoms with E-state index in [0.29, 0.717) is 10.6 Å². The van der Waals surface area contributed by atoms with E-state index < -0.39 is 17.8 Å². The smallest absolute Gasteiger partial charge is 0.366 e. The highest BCUT2D eigenvalue weighted by Crippen LogP contribution is 2.20. The molecule has 2 N–H and O–H groups in total. The average molecular weight is 248 g/mol. The first-order chi connectivity index (χ1) is 8.50. The molecular weight excluding hydrogens is 236 g/mol. The average Bonchev–Trinajstić information content (AvgIpc) is 2.60. The Morgan fingerprint density at radius 3 is 2.44 bits per heavy atom. The normalized spacial score (nSPS) is 15.1. The van der Waals surface area contributed by atoms with Crippen LogP contribution in [0.1, 0.15) is 28.8 Å². The van der Waals surface area contributed by atoms with Gasteiger partial charge in [0.05, 0.1) is 5.56 Å². The molecule has 1 aliphatic rings. The van der Waals surface area contributed by atoms with Crippen LogP contribution < -0.4 is 5.73 Å². The molecule has 1 saturated heterocycles. The van der Waals surface area contributed by atoms with E-state index in [4.69, 9.17) is 10.6 Å². The zero-order chi connectivity index (χ0) is 13.3. The van der Waals surface area contributed by atoms with Gasteiger partial charge in [0.2, 0.25) is 0 Å². The number of imide groups is 1. The van der Waals surface area contributed by atoms with Gasteiger partial charge in [0.25, 0.3) is 11.8 Å². The van der Waals surface area contributed by atoms with Crippen molar-refractivity contribution in [3.8, 4) is 0 Å². The van der Waals surface area contributed by atoms with Gasteiger partial charge in [-0.1, -0.05) is 12.1 Å². The Morgan fingerprint density at radius 2 is 1.89 bits per heavy atom. The van der Waals surface area contributed by atoms with E-state index in [1.165, 1.54) is 0 Å². The van der Waals surface area contributed by atoms with Gasteiger partial charge < -0.3 is 10.6 Å². The summed E-state index contributed by atoms with van der Waals surface area (Å²) in [5.74, 6) is -1.82. The first-order valence-electron chi connectivity index (χ1n) is 5.44. The van der Waals surface area contributed by atoms with Gasteiger partial charge >= 0.3 is 5.97 Å². The number of rotatable bonds is 2. The zero-order valence-corrected chi connectivity index (χ0v) is 9.80. The van der Waals surface area contributed by atoms with Crippen molar-refractivity contribution in [3.63, 3.8) is 0 Å². The van der Waals surface area contributed by atoms with Crippen LogP contribution >= 0.6 is 0 Å². The first-order valence-corrected chi connectivity index (χ1v) is 5.44. The molecule has 0 bridgehead atoms. The fraction of sp³-hybridized carbons (Fsp3) is 0.250. The summed E-state index contributed by atoms with van der Waals surface area (Å²) in [7, 11) is 0. The molecule has 0 radical (unpaired) electrons. The second-order valence-corrected chi connectivity index (χ2v) is 4.00. The number of nitrogens with two attached hydrogens (primary N) is 1. The van der Waals surface area contributed by atoms with Gasteiger partial charge in [-0.25, -0.2) is 4.79 Å². The second-order valence-electron chi connectivity index (χ2n) is 4.00. The van der Waals surface area contributed by atoms with E-state index in [0.717, 1.165) is 0 Å². The Balaban J connectivity index is 2.23. The third kappa shape index (κ3) is 2.04. The third-order valence-corrected chi connectivity index (χ3v) is 2.69. The molecule has 6 nitrogen and oxygen atoms in total. The molecule has 6 heteroatoms. The van der Waals surface area contributed by atoms with E-state index in [-0.39, 0.29) is 24.1 Å². The standard InChI is InChI=1S/C12H12N2O4/c1-7-3-2-4-8(13)11(7)12(17)18-14-9(15)5-6-10(14)16/h2-4H,5-6,13H2,1H3. The SMILES string of the molecule is Cc1cccc(N)c1C(=O)ON1C(=O)CCC1=O. The van der Waals surface area contributed by atoms with Crippen molar-refractivity contribution >= 4 is 23.5 Å². The van der Waals surface area contributed by atoms with Crippen LogP contribution in [0.15, 0.2) is 18.2 Å². The minimum atomic E-state index is -0.797. The summed E-state index contributed by atoms with van der Waals surface area (Å²) >= 11 is 0. The molecule has 0 atom stereocenters. The number of hydroxylamine groups is 2. The van der Waals surface area contributed by atoms with Crippen LogP contribution in [0.4, 0.5) is 5.69 Å². The molecule has 2 amide bonds. The quantitative estimate of drug-likeness (QED) is 0.617. The van der Waals surface area contributed by atoms with Gasteiger partial charge in [-0.3, -0.25) is 9.59 Å². The lowest BCUT2D eigenvalue weighted by molar-refractivity contribution is -0.172. The molecule has 2 rings (SSSR count). The molecule has 0 unspecified atom stereocenters. The number of carbonyl (C=O) groups excluding carboxylic acids is 3. The summed E-state index contributed by atoms with van der Waals surface area (Å²) in [6.07, 6.45) is 0.130.